The van der Waals surface area contributed by atoms with Gasteiger partial charge in [-0.05, 0) is 70.7 Å². The van der Waals surface area contributed by atoms with Gasteiger partial charge in [0.25, 0.3) is 0 Å². The van der Waals surface area contributed by atoms with Crippen molar-refractivity contribution in [2.75, 3.05) is 0 Å². The van der Waals surface area contributed by atoms with Crippen LogP contribution in [0.25, 0.3) is 64.6 Å². The summed E-state index contributed by atoms with van der Waals surface area (Å²) in [5.41, 5.74) is 0. The number of rotatable bonds is 0. The molecule has 0 heterocycles. The quantitative estimate of drug-likeness (QED) is 0.271. The van der Waals surface area contributed by atoms with Crippen LogP contribution >= 0.6 is 0 Å². The molecule has 0 heteroatoms. The molecule has 0 nitrogen and oxygen atoms in total. The van der Waals surface area contributed by atoms with Crippen LogP contribution in [0.4, 0.5) is 0 Å². The molecule has 0 unspecified atom stereocenters. The van der Waals surface area contributed by atoms with Crippen LogP contribution in [0.2, 0.25) is 0 Å². The minimum atomic E-state index is 1.33. The lowest BCUT2D eigenvalue weighted by Gasteiger charge is -2.02. The molecule has 0 spiro atoms. The fourth-order valence-electron chi connectivity index (χ4n) is 5.15. The highest BCUT2D eigenvalue weighted by Crippen LogP contribution is 2.48. The maximum absolute atomic E-state index is 2.40. The zero-order chi connectivity index (χ0) is 16.8. The second kappa shape index (κ2) is 4.23. The van der Waals surface area contributed by atoms with Crippen LogP contribution in [0, 0.1) is 0 Å². The molecular formula is C26H14. The van der Waals surface area contributed by atoms with E-state index in [4.69, 9.17) is 0 Å². The van der Waals surface area contributed by atoms with Crippen LogP contribution in [0.15, 0.2) is 84.9 Å². The fourth-order valence-corrected chi connectivity index (χ4v) is 5.15. The van der Waals surface area contributed by atoms with Gasteiger partial charge in [0, 0.05) is 0 Å². The smallest absolute Gasteiger partial charge is 0.000785 e. The molecule has 7 aromatic rings. The van der Waals surface area contributed by atoms with Gasteiger partial charge in [0.1, 0.15) is 0 Å². The van der Waals surface area contributed by atoms with Crippen LogP contribution < -0.4 is 0 Å². The molecule has 0 aliphatic heterocycles. The van der Waals surface area contributed by atoms with Crippen LogP contribution in [0.1, 0.15) is 0 Å². The van der Waals surface area contributed by atoms with Crippen molar-refractivity contribution in [1.29, 1.82) is 0 Å². The lowest BCUT2D eigenvalue weighted by Crippen LogP contribution is -1.74. The van der Waals surface area contributed by atoms with E-state index in [0.29, 0.717) is 0 Å². The number of benzene rings is 5. The molecule has 0 amide bonds. The number of hydrogen-bond acceptors (Lipinski definition) is 0. The van der Waals surface area contributed by atoms with Crippen molar-refractivity contribution in [3.05, 3.63) is 84.9 Å². The van der Waals surface area contributed by atoms with E-state index in [9.17, 15) is 0 Å². The van der Waals surface area contributed by atoms with Gasteiger partial charge in [-0.25, -0.2) is 0 Å². The summed E-state index contributed by atoms with van der Waals surface area (Å²) in [5, 5.41) is 16.6. The largest absolute Gasteiger partial charge is 0.0616 e. The van der Waals surface area contributed by atoms with Gasteiger partial charge in [0.2, 0.25) is 0 Å². The Morgan fingerprint density at radius 3 is 1.69 bits per heavy atom. The second-order valence-electron chi connectivity index (χ2n) is 7.33. The molecule has 0 aromatic heterocycles. The Balaban J connectivity index is 1.99. The average molecular weight is 326 g/mol. The molecule has 0 saturated heterocycles. The van der Waals surface area contributed by atoms with Crippen LogP contribution in [-0.2, 0) is 0 Å². The third-order valence-corrected chi connectivity index (χ3v) is 6.12. The molecule has 118 valence electrons. The molecule has 0 radical (unpaired) electrons. The van der Waals surface area contributed by atoms with Crippen molar-refractivity contribution in [2.24, 2.45) is 0 Å². The predicted octanol–water partition coefficient (Wildman–Crippen LogP) is 7.48. The van der Waals surface area contributed by atoms with Crippen molar-refractivity contribution in [3.63, 3.8) is 0 Å². The van der Waals surface area contributed by atoms with Gasteiger partial charge in [0.05, 0.1) is 0 Å². The Bertz CT molecular complexity index is 1610. The summed E-state index contributed by atoms with van der Waals surface area (Å²) in [7, 11) is 0. The molecule has 0 N–H and O–H groups in total. The zero-order valence-corrected chi connectivity index (χ0v) is 14.1. The first-order valence-corrected chi connectivity index (χ1v) is 9.14. The average Bonchev–Trinajstić information content (AvgIpc) is 3.20. The summed E-state index contributed by atoms with van der Waals surface area (Å²) >= 11 is 0. The van der Waals surface area contributed by atoms with Crippen molar-refractivity contribution >= 4 is 64.6 Å². The maximum Gasteiger partial charge on any atom is -0.000785 e. The van der Waals surface area contributed by atoms with E-state index >= 15 is 0 Å². The molecule has 7 rings (SSSR count). The van der Waals surface area contributed by atoms with Gasteiger partial charge in [-0.3, -0.25) is 0 Å². The summed E-state index contributed by atoms with van der Waals surface area (Å²) in [4.78, 5) is 0. The van der Waals surface area contributed by atoms with Gasteiger partial charge in [0.15, 0.2) is 0 Å². The molecule has 7 aromatic carbocycles. The van der Waals surface area contributed by atoms with Crippen LogP contribution in [-0.4, -0.2) is 0 Å². The maximum atomic E-state index is 2.40. The van der Waals surface area contributed by atoms with Crippen LogP contribution in [0.3, 0.4) is 0 Å². The van der Waals surface area contributed by atoms with E-state index in [2.05, 4.69) is 84.9 Å². The van der Waals surface area contributed by atoms with Crippen molar-refractivity contribution in [1.82, 2.24) is 0 Å². The molecule has 0 aliphatic rings. The predicted molar refractivity (Wildman–Crippen MR) is 114 cm³/mol. The molecule has 0 aliphatic carbocycles. The topological polar surface area (TPSA) is 0 Å². The van der Waals surface area contributed by atoms with Crippen molar-refractivity contribution in [3.8, 4) is 0 Å². The molecular weight excluding hydrogens is 312 g/mol. The summed E-state index contributed by atoms with van der Waals surface area (Å²) in [6.45, 7) is 0. The van der Waals surface area contributed by atoms with Crippen LogP contribution in [0.5, 0.6) is 0 Å². The Labute approximate surface area is 149 Å². The van der Waals surface area contributed by atoms with Crippen molar-refractivity contribution in [2.45, 2.75) is 0 Å². The first kappa shape index (κ1) is 12.9. The Kier molecular flexibility index (Phi) is 2.10. The van der Waals surface area contributed by atoms with E-state index in [1.807, 2.05) is 0 Å². The highest BCUT2D eigenvalue weighted by Gasteiger charge is 2.19. The number of hydrogen-bond donors (Lipinski definition) is 0. The minimum absolute atomic E-state index is 1.33. The third kappa shape index (κ3) is 1.32. The van der Waals surface area contributed by atoms with Gasteiger partial charge in [-0.1, -0.05) is 78.9 Å². The molecule has 0 bridgehead atoms. The van der Waals surface area contributed by atoms with E-state index in [0.717, 1.165) is 0 Å². The highest BCUT2D eigenvalue weighted by atomic mass is 14.2. The Morgan fingerprint density at radius 1 is 0.308 bits per heavy atom. The SMILES string of the molecule is c1ccc2c(c1)c1cccc3cc4c5cccc6cccc(c65)c4c2c31. The molecule has 0 saturated carbocycles. The third-order valence-electron chi connectivity index (χ3n) is 6.12. The van der Waals surface area contributed by atoms with E-state index in [-0.39, 0.29) is 0 Å². The summed E-state index contributed by atoms with van der Waals surface area (Å²) in [6, 6.07) is 31.4. The zero-order valence-electron chi connectivity index (χ0n) is 14.1. The summed E-state index contributed by atoms with van der Waals surface area (Å²) < 4.78 is 0. The first-order valence-electron chi connectivity index (χ1n) is 9.14. The molecule has 0 atom stereocenters. The number of fused-ring (bicyclic) bond motifs is 7. The Hall–Kier alpha value is -3.38. The molecule has 26 heavy (non-hydrogen) atoms. The molecule has 0 fully saturated rings. The van der Waals surface area contributed by atoms with E-state index < -0.39 is 0 Å². The highest BCUT2D eigenvalue weighted by molar-refractivity contribution is 6.44. The second-order valence-corrected chi connectivity index (χ2v) is 7.33. The monoisotopic (exact) mass is 326 g/mol. The Morgan fingerprint density at radius 2 is 0.885 bits per heavy atom. The van der Waals surface area contributed by atoms with Gasteiger partial charge < -0.3 is 0 Å². The lowest BCUT2D eigenvalue weighted by atomic mass is 10.0. The van der Waals surface area contributed by atoms with Gasteiger partial charge in [-0.15, -0.1) is 0 Å². The van der Waals surface area contributed by atoms with Crippen molar-refractivity contribution < 1.29 is 0 Å². The fraction of sp³-hybridized carbons (Fsp3) is 0. The summed E-state index contributed by atoms with van der Waals surface area (Å²) in [5.74, 6) is 0. The van der Waals surface area contributed by atoms with Gasteiger partial charge >= 0.3 is 0 Å². The summed E-state index contributed by atoms with van der Waals surface area (Å²) in [6.07, 6.45) is 0. The first-order chi connectivity index (χ1) is 12.9. The minimum Gasteiger partial charge on any atom is -0.0616 e. The van der Waals surface area contributed by atoms with Gasteiger partial charge in [-0.2, -0.15) is 0 Å². The van der Waals surface area contributed by atoms with E-state index in [1.165, 1.54) is 64.6 Å². The lowest BCUT2D eigenvalue weighted by molar-refractivity contribution is 1.85. The normalized spacial score (nSPS) is 12.6. The standard InChI is InChI=1S/C26H14/c1-2-10-19-17(9-1)18-11-5-8-16-14-22-20-12-3-6-15-7-4-13-21(23(15)20)25(22)26(19)24(16)18/h1-14H. The van der Waals surface area contributed by atoms with E-state index in [1.54, 1.807) is 0 Å².